The third kappa shape index (κ3) is 7.57. The van der Waals surface area contributed by atoms with Crippen molar-refractivity contribution in [1.82, 2.24) is 0 Å². The van der Waals surface area contributed by atoms with Gasteiger partial charge in [0, 0.05) is 5.56 Å². The molecule has 2 aromatic rings. The highest BCUT2D eigenvalue weighted by atomic mass is 19.4. The third-order valence-electron chi connectivity index (χ3n) is 6.49. The molecule has 34 heavy (non-hydrogen) atoms. The average molecular weight is 482 g/mol. The normalized spacial score (nSPS) is 15.9. The van der Waals surface area contributed by atoms with Gasteiger partial charge in [-0.05, 0) is 91.2 Å². The summed E-state index contributed by atoms with van der Waals surface area (Å²) in [6.45, 7) is 6.54. The van der Waals surface area contributed by atoms with E-state index in [0.717, 1.165) is 35.1 Å². The number of aliphatic carboxylic acids is 1. The number of nitrogens with two attached hydrogens (primary N) is 1. The van der Waals surface area contributed by atoms with E-state index in [1.165, 1.54) is 25.7 Å². The number of alkyl halides is 3. The lowest BCUT2D eigenvalue weighted by Gasteiger charge is -2.34. The van der Waals surface area contributed by atoms with Gasteiger partial charge in [-0.25, -0.2) is 9.18 Å². The molecule has 1 aliphatic carbocycles. The molecule has 0 spiro atoms. The fourth-order valence-corrected chi connectivity index (χ4v) is 4.24. The Bertz CT molecular complexity index is 1020. The molecule has 1 aliphatic rings. The Kier molecular flexibility index (Phi) is 8.86. The molecule has 0 atom stereocenters. The van der Waals surface area contributed by atoms with Crippen LogP contribution < -0.4 is 5.73 Å². The number of hydrogen-bond donors (Lipinski definition) is 2. The molecule has 0 unspecified atom stereocenters. The molecule has 3 N–H and O–H groups in total. The number of hydrogen-bond acceptors (Lipinski definition) is 2. The fraction of sp³-hybridized carbons (Fsp3) is 0.462. The van der Waals surface area contributed by atoms with Crippen molar-refractivity contribution in [3.63, 3.8) is 0 Å². The number of amides is 1. The summed E-state index contributed by atoms with van der Waals surface area (Å²) in [6.07, 6.45) is 1.82. The number of carbonyl (C=O) groups is 2. The number of primary amides is 1. The highest BCUT2D eigenvalue weighted by molar-refractivity contribution is 5.96. The standard InChI is InChI=1S/C24H30FNO.C2HF3O2/c1-16-20(5-4-6-21(16)23(26)27)19-10-9-18(22(25)15-19)8-7-17-11-13-24(2,3)14-12-17;3-2(4,5)1(6)7/h4-6,9-10,15,17H,7-8,11-14H2,1-3H3,(H2,26,27);(H,6,7). The van der Waals surface area contributed by atoms with Crippen molar-refractivity contribution in [2.24, 2.45) is 17.1 Å². The Morgan fingerprint density at radius 1 is 1.12 bits per heavy atom. The Hall–Kier alpha value is -2.90. The summed E-state index contributed by atoms with van der Waals surface area (Å²) in [6, 6.07) is 10.8. The predicted molar refractivity (Wildman–Crippen MR) is 123 cm³/mol. The van der Waals surface area contributed by atoms with Crippen molar-refractivity contribution in [3.05, 3.63) is 58.9 Å². The monoisotopic (exact) mass is 481 g/mol. The first-order chi connectivity index (χ1) is 15.7. The molecule has 1 saturated carbocycles. The largest absolute Gasteiger partial charge is 0.490 e. The maximum Gasteiger partial charge on any atom is 0.490 e. The molecule has 0 aromatic heterocycles. The topological polar surface area (TPSA) is 80.4 Å². The van der Waals surface area contributed by atoms with E-state index in [2.05, 4.69) is 13.8 Å². The van der Waals surface area contributed by atoms with Crippen molar-refractivity contribution in [3.8, 4) is 11.1 Å². The number of aryl methyl sites for hydroxylation is 1. The average Bonchev–Trinajstić information content (AvgIpc) is 2.73. The second-order valence-electron chi connectivity index (χ2n) is 9.60. The lowest BCUT2D eigenvalue weighted by atomic mass is 9.72. The van der Waals surface area contributed by atoms with E-state index in [1.807, 2.05) is 25.1 Å². The van der Waals surface area contributed by atoms with E-state index in [4.69, 9.17) is 15.6 Å². The molecule has 3 rings (SSSR count). The third-order valence-corrected chi connectivity index (χ3v) is 6.49. The smallest absolute Gasteiger partial charge is 0.475 e. The summed E-state index contributed by atoms with van der Waals surface area (Å²) >= 11 is 0. The molecule has 0 aliphatic heterocycles. The van der Waals surface area contributed by atoms with Crippen LogP contribution in [0.5, 0.6) is 0 Å². The van der Waals surface area contributed by atoms with Gasteiger partial charge in [-0.1, -0.05) is 38.1 Å². The Labute approximate surface area is 197 Å². The fourth-order valence-electron chi connectivity index (χ4n) is 4.24. The van der Waals surface area contributed by atoms with Crippen LogP contribution in [0.4, 0.5) is 17.6 Å². The van der Waals surface area contributed by atoms with Crippen LogP contribution in [-0.4, -0.2) is 23.2 Å². The van der Waals surface area contributed by atoms with Gasteiger partial charge in [0.15, 0.2) is 0 Å². The predicted octanol–water partition coefficient (Wildman–Crippen LogP) is 6.68. The van der Waals surface area contributed by atoms with E-state index in [9.17, 15) is 22.4 Å². The van der Waals surface area contributed by atoms with Gasteiger partial charge in [0.25, 0.3) is 0 Å². The van der Waals surface area contributed by atoms with Crippen molar-refractivity contribution in [2.75, 3.05) is 0 Å². The van der Waals surface area contributed by atoms with Crippen molar-refractivity contribution in [1.29, 1.82) is 0 Å². The zero-order valence-corrected chi connectivity index (χ0v) is 19.6. The van der Waals surface area contributed by atoms with Crippen molar-refractivity contribution in [2.45, 2.75) is 65.5 Å². The van der Waals surface area contributed by atoms with Crippen LogP contribution in [0, 0.1) is 24.1 Å². The second-order valence-corrected chi connectivity index (χ2v) is 9.60. The summed E-state index contributed by atoms with van der Waals surface area (Å²) in [5.41, 5.74) is 9.61. The molecule has 0 heterocycles. The number of rotatable bonds is 5. The lowest BCUT2D eigenvalue weighted by Crippen LogP contribution is -2.21. The van der Waals surface area contributed by atoms with Crippen LogP contribution in [-0.2, 0) is 11.2 Å². The first-order valence-electron chi connectivity index (χ1n) is 11.2. The summed E-state index contributed by atoms with van der Waals surface area (Å²) < 4.78 is 46.4. The first-order valence-corrected chi connectivity index (χ1v) is 11.2. The van der Waals surface area contributed by atoms with Gasteiger partial charge in [0.2, 0.25) is 5.91 Å². The van der Waals surface area contributed by atoms with Crippen LogP contribution in [0.1, 0.15) is 67.4 Å². The van der Waals surface area contributed by atoms with Gasteiger partial charge in [0.1, 0.15) is 5.82 Å². The van der Waals surface area contributed by atoms with E-state index in [1.54, 1.807) is 18.2 Å². The maximum atomic E-state index is 14.7. The van der Waals surface area contributed by atoms with Gasteiger partial charge in [-0.15, -0.1) is 0 Å². The minimum absolute atomic E-state index is 0.160. The quantitative estimate of drug-likeness (QED) is 0.467. The lowest BCUT2D eigenvalue weighted by molar-refractivity contribution is -0.192. The minimum atomic E-state index is -5.08. The Morgan fingerprint density at radius 2 is 1.71 bits per heavy atom. The molecule has 1 fully saturated rings. The molecule has 1 amide bonds. The van der Waals surface area contributed by atoms with Crippen molar-refractivity contribution < 1.29 is 32.3 Å². The highest BCUT2D eigenvalue weighted by Gasteiger charge is 2.38. The molecule has 0 radical (unpaired) electrons. The number of benzene rings is 2. The number of halogens is 4. The van der Waals surface area contributed by atoms with Crippen LogP contribution in [0.2, 0.25) is 0 Å². The molecular formula is C26H31F4NO3. The molecule has 0 saturated heterocycles. The van der Waals surface area contributed by atoms with Crippen LogP contribution in [0.25, 0.3) is 11.1 Å². The summed E-state index contributed by atoms with van der Waals surface area (Å²) in [5, 5.41) is 7.12. The molecule has 4 nitrogen and oxygen atoms in total. The molecule has 0 bridgehead atoms. The van der Waals surface area contributed by atoms with Crippen molar-refractivity contribution >= 4 is 11.9 Å². The maximum absolute atomic E-state index is 14.7. The summed E-state index contributed by atoms with van der Waals surface area (Å²) in [4.78, 5) is 20.4. The molecule has 8 heteroatoms. The Morgan fingerprint density at radius 3 is 2.21 bits per heavy atom. The van der Waals surface area contributed by atoms with E-state index in [0.29, 0.717) is 16.9 Å². The van der Waals surface area contributed by atoms with Crippen LogP contribution in [0.3, 0.4) is 0 Å². The highest BCUT2D eigenvalue weighted by Crippen LogP contribution is 2.39. The van der Waals surface area contributed by atoms with E-state index < -0.39 is 18.1 Å². The molecule has 2 aromatic carbocycles. The van der Waals surface area contributed by atoms with E-state index in [-0.39, 0.29) is 5.82 Å². The van der Waals surface area contributed by atoms with Crippen LogP contribution >= 0.6 is 0 Å². The van der Waals surface area contributed by atoms with Gasteiger partial charge in [-0.3, -0.25) is 4.79 Å². The second kappa shape index (κ2) is 11.0. The zero-order chi connectivity index (χ0) is 25.7. The first kappa shape index (κ1) is 27.3. The SMILES string of the molecule is Cc1c(C(N)=O)cccc1-c1ccc(CCC2CCC(C)(C)CC2)c(F)c1.O=C(O)C(F)(F)F. The summed E-state index contributed by atoms with van der Waals surface area (Å²) in [7, 11) is 0. The Balaban J connectivity index is 0.000000509. The van der Waals surface area contributed by atoms with Gasteiger partial charge >= 0.3 is 12.1 Å². The van der Waals surface area contributed by atoms with Crippen LogP contribution in [0.15, 0.2) is 36.4 Å². The number of carboxylic acid groups (broad SMARTS) is 1. The van der Waals surface area contributed by atoms with Gasteiger partial charge in [-0.2, -0.15) is 13.2 Å². The number of carbonyl (C=O) groups excluding carboxylic acids is 1. The summed E-state index contributed by atoms with van der Waals surface area (Å²) in [5.74, 6) is -2.66. The molecule has 186 valence electrons. The zero-order valence-electron chi connectivity index (χ0n) is 19.6. The minimum Gasteiger partial charge on any atom is -0.475 e. The van der Waals surface area contributed by atoms with Gasteiger partial charge in [0.05, 0.1) is 0 Å². The van der Waals surface area contributed by atoms with Gasteiger partial charge < -0.3 is 10.8 Å². The van der Waals surface area contributed by atoms with E-state index >= 15 is 0 Å². The molecular weight excluding hydrogens is 450 g/mol. The number of carboxylic acids is 1.